The van der Waals surface area contributed by atoms with Crippen molar-refractivity contribution in [2.24, 2.45) is 0 Å². The van der Waals surface area contributed by atoms with Gasteiger partial charge < -0.3 is 10.1 Å². The van der Waals surface area contributed by atoms with Crippen molar-refractivity contribution in [3.63, 3.8) is 0 Å². The molecule has 1 N–H and O–H groups in total. The molecule has 1 atom stereocenters. The van der Waals surface area contributed by atoms with Gasteiger partial charge in [0.05, 0.1) is 18.0 Å². The van der Waals surface area contributed by atoms with Gasteiger partial charge in [-0.3, -0.25) is 4.79 Å². The number of ether oxygens (including phenoxy) is 1. The third-order valence-corrected chi connectivity index (χ3v) is 7.06. The van der Waals surface area contributed by atoms with Crippen LogP contribution in [0.4, 0.5) is 5.69 Å². The molecule has 0 spiro atoms. The number of halogens is 1. The van der Waals surface area contributed by atoms with Crippen LogP contribution in [0, 0.1) is 6.92 Å². The number of thioether (sulfide) groups is 2. The Labute approximate surface area is 165 Å². The van der Waals surface area contributed by atoms with Crippen LogP contribution < -0.4 is 10.1 Å². The number of hydrogen-bond acceptors (Lipinski definition) is 7. The molecule has 0 bridgehead atoms. The minimum atomic E-state index is -0.308. The minimum absolute atomic E-state index is 0.122. The Morgan fingerprint density at radius 1 is 1.40 bits per heavy atom. The van der Waals surface area contributed by atoms with E-state index in [1.165, 1.54) is 23.1 Å². The van der Waals surface area contributed by atoms with Gasteiger partial charge >= 0.3 is 0 Å². The summed E-state index contributed by atoms with van der Waals surface area (Å²) in [4.78, 5) is 12.5. The number of benzene rings is 1. The summed E-state index contributed by atoms with van der Waals surface area (Å²) in [6.45, 7) is 5.85. The average Bonchev–Trinajstić information content (AvgIpc) is 3.03. The summed E-state index contributed by atoms with van der Waals surface area (Å²) in [5, 5.41) is 11.5. The number of rotatable bonds is 8. The fourth-order valence-corrected chi connectivity index (χ4v) is 5.10. The maximum atomic E-state index is 12.5. The Kier molecular flexibility index (Phi) is 7.86. The summed E-state index contributed by atoms with van der Waals surface area (Å²) in [7, 11) is 1.55. The van der Waals surface area contributed by atoms with Crippen LogP contribution >= 0.6 is 46.5 Å². The van der Waals surface area contributed by atoms with Crippen molar-refractivity contribution >= 4 is 58.1 Å². The van der Waals surface area contributed by atoms with E-state index >= 15 is 0 Å². The fraction of sp³-hybridized carbons (Fsp3) is 0.438. The van der Waals surface area contributed by atoms with Crippen LogP contribution in [-0.4, -0.2) is 34.2 Å². The third kappa shape index (κ3) is 5.77. The highest BCUT2D eigenvalue weighted by Crippen LogP contribution is 2.34. The van der Waals surface area contributed by atoms with Gasteiger partial charge in [-0.25, -0.2) is 0 Å². The molecule has 0 aliphatic carbocycles. The van der Waals surface area contributed by atoms with Crippen molar-refractivity contribution in [1.82, 2.24) is 10.2 Å². The van der Waals surface area contributed by atoms with Crippen LogP contribution in [-0.2, 0) is 4.79 Å². The molecule has 2 aromatic rings. The molecule has 136 valence electrons. The summed E-state index contributed by atoms with van der Waals surface area (Å²) in [5.74, 6) is 1.43. The Hall–Kier alpha value is -0.960. The molecule has 0 unspecified atom stereocenters. The highest BCUT2D eigenvalue weighted by molar-refractivity contribution is 8.03. The Morgan fingerprint density at radius 2 is 2.12 bits per heavy atom. The highest BCUT2D eigenvalue weighted by atomic mass is 35.5. The molecule has 0 saturated heterocycles. The van der Waals surface area contributed by atoms with Gasteiger partial charge in [-0.05, 0) is 31.9 Å². The lowest BCUT2D eigenvalue weighted by molar-refractivity contribution is -0.115. The molecule has 5 nitrogen and oxygen atoms in total. The molecule has 0 aliphatic heterocycles. The molecule has 0 fully saturated rings. The quantitative estimate of drug-likeness (QED) is 0.600. The number of amides is 1. The first-order valence-corrected chi connectivity index (χ1v) is 10.8. The Balaban J connectivity index is 2.01. The first-order valence-electron chi connectivity index (χ1n) is 7.72. The maximum Gasteiger partial charge on any atom is 0.237 e. The van der Waals surface area contributed by atoms with E-state index in [0.717, 1.165) is 26.4 Å². The van der Waals surface area contributed by atoms with Crippen molar-refractivity contribution in [3.8, 4) is 5.75 Å². The van der Waals surface area contributed by atoms with E-state index in [9.17, 15) is 4.79 Å². The van der Waals surface area contributed by atoms with Crippen molar-refractivity contribution in [3.05, 3.63) is 22.7 Å². The number of carbonyl (C=O) groups is 1. The van der Waals surface area contributed by atoms with Crippen LogP contribution in [0.3, 0.4) is 0 Å². The standard InChI is InChI=1S/C16H20ClN3O2S3/c1-5-6-23-15-19-20-16(25-15)24-10(3)14(21)18-12-7-9(2)11(17)8-13(12)22-4/h7-8,10H,5-6H2,1-4H3,(H,18,21)/t10-/m0/s1. The second kappa shape index (κ2) is 9.66. The van der Waals surface area contributed by atoms with E-state index in [-0.39, 0.29) is 11.2 Å². The fourth-order valence-electron chi connectivity index (χ4n) is 1.86. The van der Waals surface area contributed by atoms with Crippen LogP contribution in [0.5, 0.6) is 5.75 Å². The summed E-state index contributed by atoms with van der Waals surface area (Å²) >= 11 is 10.7. The smallest absolute Gasteiger partial charge is 0.237 e. The third-order valence-electron chi connectivity index (χ3n) is 3.20. The number of aromatic nitrogens is 2. The van der Waals surface area contributed by atoms with E-state index in [4.69, 9.17) is 16.3 Å². The van der Waals surface area contributed by atoms with Crippen LogP contribution in [0.15, 0.2) is 20.8 Å². The Bertz CT molecular complexity index is 739. The number of hydrogen-bond donors (Lipinski definition) is 1. The molecule has 25 heavy (non-hydrogen) atoms. The second-order valence-electron chi connectivity index (χ2n) is 5.23. The Morgan fingerprint density at radius 3 is 2.80 bits per heavy atom. The van der Waals surface area contributed by atoms with Gasteiger partial charge in [0.15, 0.2) is 8.68 Å². The topological polar surface area (TPSA) is 64.1 Å². The first kappa shape index (κ1) is 20.4. The minimum Gasteiger partial charge on any atom is -0.495 e. The summed E-state index contributed by atoms with van der Waals surface area (Å²) < 4.78 is 7.02. The van der Waals surface area contributed by atoms with Crippen molar-refractivity contribution in [1.29, 1.82) is 0 Å². The van der Waals surface area contributed by atoms with Gasteiger partial charge in [-0.2, -0.15) is 0 Å². The molecular weight excluding hydrogens is 398 g/mol. The first-order chi connectivity index (χ1) is 11.9. The molecular formula is C16H20ClN3O2S3. The number of anilines is 1. The molecule has 1 amide bonds. The van der Waals surface area contributed by atoms with E-state index in [2.05, 4.69) is 22.4 Å². The van der Waals surface area contributed by atoms with Gasteiger partial charge in [0.2, 0.25) is 5.91 Å². The molecule has 9 heteroatoms. The summed E-state index contributed by atoms with van der Waals surface area (Å²) in [6, 6.07) is 3.51. The largest absolute Gasteiger partial charge is 0.495 e. The average molecular weight is 418 g/mol. The lowest BCUT2D eigenvalue weighted by atomic mass is 10.2. The van der Waals surface area contributed by atoms with Gasteiger partial charge in [0.1, 0.15) is 5.75 Å². The summed E-state index contributed by atoms with van der Waals surface area (Å²) in [6.07, 6.45) is 1.09. The molecule has 1 aromatic heterocycles. The van der Waals surface area contributed by atoms with E-state index in [1.807, 2.05) is 13.8 Å². The van der Waals surface area contributed by atoms with Crippen molar-refractivity contribution in [2.75, 3.05) is 18.2 Å². The lowest BCUT2D eigenvalue weighted by Crippen LogP contribution is -2.22. The zero-order valence-electron chi connectivity index (χ0n) is 14.5. The molecule has 2 rings (SSSR count). The maximum absolute atomic E-state index is 12.5. The van der Waals surface area contributed by atoms with Gasteiger partial charge in [-0.15, -0.1) is 10.2 Å². The zero-order chi connectivity index (χ0) is 18.4. The van der Waals surface area contributed by atoms with Crippen LogP contribution in [0.25, 0.3) is 0 Å². The van der Waals surface area contributed by atoms with E-state index < -0.39 is 0 Å². The number of nitrogens with one attached hydrogen (secondary N) is 1. The highest BCUT2D eigenvalue weighted by Gasteiger charge is 2.19. The van der Waals surface area contributed by atoms with E-state index in [1.54, 1.807) is 31.0 Å². The molecule has 0 aliphatic rings. The van der Waals surface area contributed by atoms with Gasteiger partial charge in [0, 0.05) is 16.8 Å². The SMILES string of the molecule is CCCSc1nnc(S[C@@H](C)C(=O)Nc2cc(C)c(Cl)cc2OC)s1. The lowest BCUT2D eigenvalue weighted by Gasteiger charge is -2.14. The monoisotopic (exact) mass is 417 g/mol. The van der Waals surface area contributed by atoms with Crippen LogP contribution in [0.1, 0.15) is 25.8 Å². The number of carbonyl (C=O) groups excluding carboxylic acids is 1. The molecule has 0 saturated carbocycles. The molecule has 1 aromatic carbocycles. The molecule has 1 heterocycles. The predicted octanol–water partition coefficient (Wildman–Crippen LogP) is 5.13. The second-order valence-corrected chi connectivity index (χ2v) is 9.55. The van der Waals surface area contributed by atoms with E-state index in [0.29, 0.717) is 16.5 Å². The number of methoxy groups -OCH3 is 1. The van der Waals surface area contributed by atoms with Gasteiger partial charge in [0.25, 0.3) is 0 Å². The van der Waals surface area contributed by atoms with Gasteiger partial charge in [-0.1, -0.05) is 53.4 Å². The van der Waals surface area contributed by atoms with Crippen molar-refractivity contribution < 1.29 is 9.53 Å². The summed E-state index contributed by atoms with van der Waals surface area (Å²) in [5.41, 5.74) is 1.48. The number of nitrogens with zero attached hydrogens (tertiary/aromatic N) is 2. The number of aryl methyl sites for hydroxylation is 1. The normalized spacial score (nSPS) is 12.0. The molecule has 0 radical (unpaired) electrons. The van der Waals surface area contributed by atoms with Crippen molar-refractivity contribution in [2.45, 2.75) is 41.1 Å². The predicted molar refractivity (Wildman–Crippen MR) is 108 cm³/mol. The zero-order valence-corrected chi connectivity index (χ0v) is 17.7. The van der Waals surface area contributed by atoms with Crippen LogP contribution in [0.2, 0.25) is 5.02 Å².